The lowest BCUT2D eigenvalue weighted by molar-refractivity contribution is 0.203. The molecular formula is C10H24NO3P. The Morgan fingerprint density at radius 2 is 1.87 bits per heavy atom. The molecule has 15 heavy (non-hydrogen) atoms. The van der Waals surface area contributed by atoms with Gasteiger partial charge in [-0.2, -0.15) is 0 Å². The van der Waals surface area contributed by atoms with Crippen molar-refractivity contribution in [3.63, 3.8) is 0 Å². The second kappa shape index (κ2) is 9.34. The molecule has 0 aliphatic rings. The Kier molecular flexibility index (Phi) is 9.41. The van der Waals surface area contributed by atoms with Crippen LogP contribution in [0.3, 0.4) is 0 Å². The van der Waals surface area contributed by atoms with Gasteiger partial charge in [-0.25, -0.2) is 0 Å². The molecule has 0 aromatic rings. The summed E-state index contributed by atoms with van der Waals surface area (Å²) in [7, 11) is -0.168. The maximum absolute atomic E-state index is 11.1. The molecule has 0 bridgehead atoms. The topological polar surface area (TPSA) is 38.8 Å². The van der Waals surface area contributed by atoms with Crippen LogP contribution < -0.4 is 0 Å². The van der Waals surface area contributed by atoms with E-state index >= 15 is 0 Å². The summed E-state index contributed by atoms with van der Waals surface area (Å²) < 4.78 is 21.1. The van der Waals surface area contributed by atoms with Gasteiger partial charge in [0.25, 0.3) is 0 Å². The van der Waals surface area contributed by atoms with Crippen molar-refractivity contribution in [2.75, 3.05) is 26.8 Å². The van der Waals surface area contributed by atoms with Gasteiger partial charge in [-0.3, -0.25) is 4.57 Å². The standard InChI is InChI=1S/C10H24NO3P/c1-5-8-13-15(12)14-9-6-7-11(4)10(2)3/h10,15H,5-9H2,1-4H3. The van der Waals surface area contributed by atoms with Gasteiger partial charge in [-0.1, -0.05) is 6.92 Å². The van der Waals surface area contributed by atoms with Gasteiger partial charge in [-0.15, -0.1) is 0 Å². The Morgan fingerprint density at radius 1 is 1.27 bits per heavy atom. The smallest absolute Gasteiger partial charge is 0.311 e. The second-order valence-electron chi connectivity index (χ2n) is 3.87. The molecule has 0 aliphatic heterocycles. The summed E-state index contributed by atoms with van der Waals surface area (Å²) in [5.41, 5.74) is 0. The molecule has 0 aromatic carbocycles. The van der Waals surface area contributed by atoms with Crippen LogP contribution in [-0.2, 0) is 13.6 Å². The van der Waals surface area contributed by atoms with E-state index in [1.54, 1.807) is 0 Å². The summed E-state index contributed by atoms with van der Waals surface area (Å²) in [4.78, 5) is 2.23. The van der Waals surface area contributed by atoms with Gasteiger partial charge in [0.05, 0.1) is 13.2 Å². The van der Waals surface area contributed by atoms with E-state index in [0.29, 0.717) is 19.3 Å². The number of nitrogens with zero attached hydrogens (tertiary/aromatic N) is 1. The molecule has 92 valence electrons. The summed E-state index contributed by atoms with van der Waals surface area (Å²) >= 11 is 0. The van der Waals surface area contributed by atoms with Crippen LogP contribution in [0.5, 0.6) is 0 Å². The van der Waals surface area contributed by atoms with E-state index in [0.717, 1.165) is 19.4 Å². The molecule has 0 saturated heterocycles. The first-order chi connectivity index (χ1) is 7.07. The zero-order valence-corrected chi connectivity index (χ0v) is 11.3. The summed E-state index contributed by atoms with van der Waals surface area (Å²) in [5.74, 6) is 0. The van der Waals surface area contributed by atoms with E-state index in [1.807, 2.05) is 6.92 Å². The molecule has 1 unspecified atom stereocenters. The van der Waals surface area contributed by atoms with Crippen LogP contribution in [0.15, 0.2) is 0 Å². The molecule has 0 spiro atoms. The highest BCUT2D eigenvalue weighted by Crippen LogP contribution is 2.23. The predicted octanol–water partition coefficient (Wildman–Crippen LogP) is 2.55. The lowest BCUT2D eigenvalue weighted by atomic mass is 10.3. The monoisotopic (exact) mass is 237 g/mol. The Bertz CT molecular complexity index is 176. The van der Waals surface area contributed by atoms with E-state index in [-0.39, 0.29) is 0 Å². The van der Waals surface area contributed by atoms with Gasteiger partial charge in [0.1, 0.15) is 0 Å². The van der Waals surface area contributed by atoms with E-state index < -0.39 is 8.25 Å². The first-order valence-electron chi connectivity index (χ1n) is 5.57. The van der Waals surface area contributed by atoms with Gasteiger partial charge < -0.3 is 13.9 Å². The minimum absolute atomic E-state index is 0.512. The van der Waals surface area contributed by atoms with Gasteiger partial charge in [0.2, 0.25) is 0 Å². The first kappa shape index (κ1) is 15.1. The molecule has 0 aromatic heterocycles. The quantitative estimate of drug-likeness (QED) is 0.456. The average molecular weight is 237 g/mol. The highest BCUT2D eigenvalue weighted by molar-refractivity contribution is 7.33. The minimum Gasteiger partial charge on any atom is -0.311 e. The third kappa shape index (κ3) is 9.06. The fourth-order valence-corrected chi connectivity index (χ4v) is 1.72. The lowest BCUT2D eigenvalue weighted by Gasteiger charge is -2.20. The maximum Gasteiger partial charge on any atom is 0.319 e. The summed E-state index contributed by atoms with van der Waals surface area (Å²) in [5, 5.41) is 0. The van der Waals surface area contributed by atoms with Crippen molar-refractivity contribution in [2.24, 2.45) is 0 Å². The fourth-order valence-electron chi connectivity index (χ4n) is 0.955. The van der Waals surface area contributed by atoms with E-state index in [9.17, 15) is 4.57 Å². The highest BCUT2D eigenvalue weighted by Gasteiger charge is 2.03. The minimum atomic E-state index is -2.24. The number of hydrogen-bond acceptors (Lipinski definition) is 4. The lowest BCUT2D eigenvalue weighted by Crippen LogP contribution is -2.27. The molecule has 0 radical (unpaired) electrons. The van der Waals surface area contributed by atoms with Crippen LogP contribution in [0.1, 0.15) is 33.6 Å². The van der Waals surface area contributed by atoms with Crippen LogP contribution in [-0.4, -0.2) is 37.7 Å². The Hall–Kier alpha value is 0.110. The zero-order chi connectivity index (χ0) is 11.7. The van der Waals surface area contributed by atoms with Crippen molar-refractivity contribution in [2.45, 2.75) is 39.7 Å². The van der Waals surface area contributed by atoms with Crippen LogP contribution in [0.2, 0.25) is 0 Å². The highest BCUT2D eigenvalue weighted by atomic mass is 31.1. The maximum atomic E-state index is 11.1. The Labute approximate surface area is 93.9 Å². The predicted molar refractivity (Wildman–Crippen MR) is 63.6 cm³/mol. The molecule has 0 heterocycles. The van der Waals surface area contributed by atoms with Gasteiger partial charge in [0, 0.05) is 12.6 Å². The molecule has 0 rings (SSSR count). The molecule has 4 nitrogen and oxygen atoms in total. The molecule has 0 fully saturated rings. The molecular weight excluding hydrogens is 213 g/mol. The molecule has 0 amide bonds. The van der Waals surface area contributed by atoms with Crippen molar-refractivity contribution in [3.8, 4) is 0 Å². The third-order valence-corrected chi connectivity index (χ3v) is 3.06. The average Bonchev–Trinajstić information content (AvgIpc) is 2.20. The van der Waals surface area contributed by atoms with Gasteiger partial charge in [0.15, 0.2) is 0 Å². The van der Waals surface area contributed by atoms with Crippen LogP contribution in [0.4, 0.5) is 0 Å². The molecule has 0 saturated carbocycles. The molecule has 1 atom stereocenters. The van der Waals surface area contributed by atoms with Crippen molar-refractivity contribution >= 4 is 8.25 Å². The Morgan fingerprint density at radius 3 is 2.40 bits per heavy atom. The summed E-state index contributed by atoms with van der Waals surface area (Å²) in [6.45, 7) is 8.26. The van der Waals surface area contributed by atoms with Gasteiger partial charge in [-0.05, 0) is 33.7 Å². The number of rotatable bonds is 9. The SMILES string of the molecule is CCCO[PH](=O)OCCCN(C)C(C)C. The third-order valence-electron chi connectivity index (χ3n) is 2.18. The van der Waals surface area contributed by atoms with Crippen LogP contribution >= 0.6 is 8.25 Å². The van der Waals surface area contributed by atoms with E-state index in [2.05, 4.69) is 25.8 Å². The Balaban J connectivity index is 3.34. The second-order valence-corrected chi connectivity index (χ2v) is 4.95. The zero-order valence-electron chi connectivity index (χ0n) is 10.3. The molecule has 0 aliphatic carbocycles. The first-order valence-corrected chi connectivity index (χ1v) is 6.80. The molecule has 5 heteroatoms. The summed E-state index contributed by atoms with van der Waals surface area (Å²) in [6.07, 6.45) is 1.76. The van der Waals surface area contributed by atoms with Crippen LogP contribution in [0.25, 0.3) is 0 Å². The number of hydrogen-bond donors (Lipinski definition) is 0. The molecule has 0 N–H and O–H groups in total. The van der Waals surface area contributed by atoms with Crippen molar-refractivity contribution in [1.82, 2.24) is 4.90 Å². The summed E-state index contributed by atoms with van der Waals surface area (Å²) in [6, 6.07) is 0.540. The van der Waals surface area contributed by atoms with Crippen LogP contribution in [0, 0.1) is 0 Å². The van der Waals surface area contributed by atoms with Crippen molar-refractivity contribution in [3.05, 3.63) is 0 Å². The van der Waals surface area contributed by atoms with Crippen molar-refractivity contribution in [1.29, 1.82) is 0 Å². The van der Waals surface area contributed by atoms with E-state index in [4.69, 9.17) is 9.05 Å². The van der Waals surface area contributed by atoms with Crippen molar-refractivity contribution < 1.29 is 13.6 Å². The van der Waals surface area contributed by atoms with E-state index in [1.165, 1.54) is 0 Å². The van der Waals surface area contributed by atoms with Gasteiger partial charge >= 0.3 is 8.25 Å². The largest absolute Gasteiger partial charge is 0.319 e. The normalized spacial score (nSPS) is 13.7. The fraction of sp³-hybridized carbons (Fsp3) is 1.00.